The predicted octanol–water partition coefficient (Wildman–Crippen LogP) is 2.21. The summed E-state index contributed by atoms with van der Waals surface area (Å²) < 4.78 is 0. The third-order valence-electron chi connectivity index (χ3n) is 3.16. The van der Waals surface area contributed by atoms with Crippen molar-refractivity contribution in [3.05, 3.63) is 34.9 Å². The van der Waals surface area contributed by atoms with Gasteiger partial charge in [0.25, 0.3) is 0 Å². The van der Waals surface area contributed by atoms with Gasteiger partial charge in [-0.05, 0) is 31.4 Å². The molecule has 0 saturated heterocycles. The lowest BCUT2D eigenvalue weighted by atomic mass is 9.56. The average Bonchev–Trinajstić information content (AvgIpc) is 2.14. The molecule has 0 amide bonds. The van der Waals surface area contributed by atoms with Crippen molar-refractivity contribution in [3.63, 3.8) is 0 Å². The minimum Gasteiger partial charge on any atom is -0.481 e. The maximum absolute atomic E-state index is 11.4. The van der Waals surface area contributed by atoms with E-state index in [-0.39, 0.29) is 12.8 Å². The Morgan fingerprint density at radius 1 is 1.38 bits per heavy atom. The molecule has 86 valence electrons. The van der Waals surface area contributed by atoms with Crippen molar-refractivity contribution in [2.24, 2.45) is 0 Å². The van der Waals surface area contributed by atoms with Crippen LogP contribution in [0.3, 0.4) is 0 Å². The third-order valence-corrected chi connectivity index (χ3v) is 3.49. The number of benzene rings is 1. The number of aliphatic carboxylic acids is 1. The van der Waals surface area contributed by atoms with Crippen LogP contribution in [-0.4, -0.2) is 21.8 Å². The van der Waals surface area contributed by atoms with Gasteiger partial charge in [0, 0.05) is 5.02 Å². The second-order valence-corrected chi connectivity index (χ2v) is 5.12. The molecule has 0 bridgehead atoms. The Morgan fingerprint density at radius 3 is 2.38 bits per heavy atom. The van der Waals surface area contributed by atoms with E-state index < -0.39 is 17.0 Å². The summed E-state index contributed by atoms with van der Waals surface area (Å²) in [5, 5.41) is 19.5. The second kappa shape index (κ2) is 3.47. The Hall–Kier alpha value is -1.06. The summed E-state index contributed by atoms with van der Waals surface area (Å²) in [6.45, 7) is 1.64. The van der Waals surface area contributed by atoms with Gasteiger partial charge in [-0.15, -0.1) is 0 Å². The van der Waals surface area contributed by atoms with E-state index >= 15 is 0 Å². The van der Waals surface area contributed by atoms with Gasteiger partial charge < -0.3 is 10.2 Å². The molecule has 1 aliphatic carbocycles. The van der Waals surface area contributed by atoms with Gasteiger partial charge in [-0.1, -0.05) is 29.8 Å². The fraction of sp³-hybridized carbons (Fsp3) is 0.417. The minimum atomic E-state index is -1.03. The molecular formula is C12H13ClO3. The summed E-state index contributed by atoms with van der Waals surface area (Å²) in [6.07, 6.45) is 0.415. The van der Waals surface area contributed by atoms with Crippen LogP contribution in [0.5, 0.6) is 0 Å². The lowest BCUT2D eigenvalue weighted by molar-refractivity contribution is -0.162. The first kappa shape index (κ1) is 11.4. The normalized spacial score (nSPS) is 33.2. The fourth-order valence-electron chi connectivity index (χ4n) is 2.55. The van der Waals surface area contributed by atoms with Crippen molar-refractivity contribution in [3.8, 4) is 0 Å². The first-order chi connectivity index (χ1) is 7.37. The van der Waals surface area contributed by atoms with Gasteiger partial charge in [0.2, 0.25) is 0 Å². The monoisotopic (exact) mass is 240 g/mol. The van der Waals surface area contributed by atoms with Crippen LogP contribution in [0.15, 0.2) is 24.3 Å². The number of hydrogen-bond donors (Lipinski definition) is 2. The molecular weight excluding hydrogens is 228 g/mol. The molecule has 1 aliphatic rings. The van der Waals surface area contributed by atoms with Gasteiger partial charge in [0.15, 0.2) is 0 Å². The van der Waals surface area contributed by atoms with E-state index in [1.54, 1.807) is 31.2 Å². The Morgan fingerprint density at radius 2 is 1.94 bits per heavy atom. The van der Waals surface area contributed by atoms with Crippen molar-refractivity contribution < 1.29 is 15.0 Å². The van der Waals surface area contributed by atoms with Gasteiger partial charge in [-0.3, -0.25) is 4.79 Å². The number of rotatable bonds is 2. The second-order valence-electron chi connectivity index (χ2n) is 4.72. The Balaban J connectivity index is 2.44. The topological polar surface area (TPSA) is 57.5 Å². The summed E-state index contributed by atoms with van der Waals surface area (Å²) in [4.78, 5) is 11.4. The predicted molar refractivity (Wildman–Crippen MR) is 60.6 cm³/mol. The molecule has 16 heavy (non-hydrogen) atoms. The van der Waals surface area contributed by atoms with E-state index in [9.17, 15) is 15.0 Å². The highest BCUT2D eigenvalue weighted by molar-refractivity contribution is 6.31. The van der Waals surface area contributed by atoms with E-state index in [4.69, 9.17) is 11.6 Å². The largest absolute Gasteiger partial charge is 0.481 e. The highest BCUT2D eigenvalue weighted by Gasteiger charge is 2.58. The number of hydrogen-bond acceptors (Lipinski definition) is 2. The Labute approximate surface area is 98.7 Å². The molecule has 0 aromatic heterocycles. The molecule has 2 N–H and O–H groups in total. The molecule has 4 heteroatoms. The Kier molecular flexibility index (Phi) is 2.48. The molecule has 2 rings (SSSR count). The molecule has 1 saturated carbocycles. The van der Waals surface area contributed by atoms with Crippen LogP contribution < -0.4 is 0 Å². The standard InChI is InChI=1S/C12H13ClO3/c1-11(16)6-12(7-11,10(14)15)8-4-2-3-5-9(8)13/h2-5,16H,6-7H2,1H3,(H,14,15). The van der Waals surface area contributed by atoms with E-state index in [0.717, 1.165) is 0 Å². The maximum Gasteiger partial charge on any atom is 0.314 e. The molecule has 0 aliphatic heterocycles. The van der Waals surface area contributed by atoms with Crippen LogP contribution in [0.2, 0.25) is 5.02 Å². The van der Waals surface area contributed by atoms with Gasteiger partial charge in [0.1, 0.15) is 0 Å². The summed E-state index contributed by atoms with van der Waals surface area (Å²) in [5.74, 6) is -0.924. The molecule has 0 unspecified atom stereocenters. The zero-order valence-electron chi connectivity index (χ0n) is 8.90. The van der Waals surface area contributed by atoms with Crippen molar-refractivity contribution in [2.45, 2.75) is 30.8 Å². The lowest BCUT2D eigenvalue weighted by Crippen LogP contribution is -2.57. The molecule has 3 nitrogen and oxygen atoms in total. The number of carbonyl (C=O) groups is 1. The number of carboxylic acid groups (broad SMARTS) is 1. The molecule has 1 aromatic rings. The quantitative estimate of drug-likeness (QED) is 0.833. The van der Waals surface area contributed by atoms with Crippen molar-refractivity contribution in [1.82, 2.24) is 0 Å². The van der Waals surface area contributed by atoms with Crippen LogP contribution in [0.4, 0.5) is 0 Å². The minimum absolute atomic E-state index is 0.207. The summed E-state index contributed by atoms with van der Waals surface area (Å²) in [5.41, 5.74) is -1.34. The molecule has 0 heterocycles. The summed E-state index contributed by atoms with van der Waals surface area (Å²) >= 11 is 6.01. The zero-order chi connectivity index (χ0) is 12.0. The molecule has 0 atom stereocenters. The first-order valence-electron chi connectivity index (χ1n) is 5.08. The molecule has 1 fully saturated rings. The van der Waals surface area contributed by atoms with Gasteiger partial charge in [-0.2, -0.15) is 0 Å². The van der Waals surface area contributed by atoms with Crippen LogP contribution in [0, 0.1) is 0 Å². The SMILES string of the molecule is CC1(O)CC(C(=O)O)(c2ccccc2Cl)C1. The number of aliphatic hydroxyl groups is 1. The smallest absolute Gasteiger partial charge is 0.314 e. The third kappa shape index (κ3) is 1.60. The Bertz CT molecular complexity index is 432. The van der Waals surface area contributed by atoms with Crippen molar-refractivity contribution in [2.75, 3.05) is 0 Å². The molecule has 0 spiro atoms. The van der Waals surface area contributed by atoms with E-state index in [1.165, 1.54) is 0 Å². The van der Waals surface area contributed by atoms with Crippen LogP contribution in [0.1, 0.15) is 25.3 Å². The van der Waals surface area contributed by atoms with Crippen LogP contribution in [-0.2, 0) is 10.2 Å². The lowest BCUT2D eigenvalue weighted by Gasteiger charge is -2.49. The van der Waals surface area contributed by atoms with Gasteiger partial charge in [-0.25, -0.2) is 0 Å². The first-order valence-corrected chi connectivity index (χ1v) is 5.46. The number of halogens is 1. The van der Waals surface area contributed by atoms with Crippen LogP contribution in [0.25, 0.3) is 0 Å². The highest BCUT2D eigenvalue weighted by Crippen LogP contribution is 2.51. The zero-order valence-corrected chi connectivity index (χ0v) is 9.66. The summed E-state index contributed by atoms with van der Waals surface area (Å²) in [6, 6.07) is 6.91. The van der Waals surface area contributed by atoms with Crippen molar-refractivity contribution in [1.29, 1.82) is 0 Å². The summed E-state index contributed by atoms with van der Waals surface area (Å²) in [7, 11) is 0. The van der Waals surface area contributed by atoms with Crippen molar-refractivity contribution >= 4 is 17.6 Å². The van der Waals surface area contributed by atoms with Gasteiger partial charge in [0.05, 0.1) is 11.0 Å². The maximum atomic E-state index is 11.4. The van der Waals surface area contributed by atoms with E-state index in [2.05, 4.69) is 0 Å². The van der Waals surface area contributed by atoms with Gasteiger partial charge >= 0.3 is 5.97 Å². The van der Waals surface area contributed by atoms with Crippen LogP contribution >= 0.6 is 11.6 Å². The average molecular weight is 241 g/mol. The number of carboxylic acids is 1. The molecule has 0 radical (unpaired) electrons. The fourth-order valence-corrected chi connectivity index (χ4v) is 2.87. The van der Waals surface area contributed by atoms with E-state index in [0.29, 0.717) is 10.6 Å². The highest BCUT2D eigenvalue weighted by atomic mass is 35.5. The van der Waals surface area contributed by atoms with E-state index in [1.807, 2.05) is 0 Å². The molecule has 1 aromatic carbocycles.